The van der Waals surface area contributed by atoms with Gasteiger partial charge in [-0.05, 0) is 31.3 Å². The number of nitrogens with one attached hydrogen (secondary N) is 1. The average molecular weight is 236 g/mol. The maximum Gasteiger partial charge on any atom is 0.337 e. The van der Waals surface area contributed by atoms with Crippen molar-refractivity contribution in [1.82, 2.24) is 5.32 Å². The second-order valence-electron chi connectivity index (χ2n) is 3.52. The lowest BCUT2D eigenvalue weighted by atomic mass is 10.2. The fourth-order valence-electron chi connectivity index (χ4n) is 1.35. The Hall–Kier alpha value is -1.88. The molecule has 1 amide bonds. The fourth-order valence-corrected chi connectivity index (χ4v) is 1.35. The first-order valence-electron chi connectivity index (χ1n) is 5.19. The van der Waals surface area contributed by atoms with E-state index < -0.39 is 0 Å². The summed E-state index contributed by atoms with van der Waals surface area (Å²) in [5, 5.41) is 2.79. The molecule has 0 bridgehead atoms. The van der Waals surface area contributed by atoms with E-state index >= 15 is 0 Å². The number of ether oxygens (including phenoxy) is 1. The molecule has 0 heterocycles. The monoisotopic (exact) mass is 236 g/mol. The van der Waals surface area contributed by atoms with Crippen molar-refractivity contribution in [1.29, 1.82) is 0 Å². The smallest absolute Gasteiger partial charge is 0.337 e. The van der Waals surface area contributed by atoms with Crippen LogP contribution in [0.15, 0.2) is 24.3 Å². The molecule has 1 aromatic rings. The molecule has 92 valence electrons. The number of esters is 1. The molecule has 0 saturated carbocycles. The van der Waals surface area contributed by atoms with Crippen LogP contribution in [0.25, 0.3) is 0 Å². The Kier molecular flexibility index (Phi) is 4.66. The zero-order valence-electron chi connectivity index (χ0n) is 10.2. The molecule has 0 spiro atoms. The number of hydrogen-bond acceptors (Lipinski definition) is 4. The molecule has 1 N–H and O–H groups in total. The molecule has 0 atom stereocenters. The van der Waals surface area contributed by atoms with Crippen molar-refractivity contribution in [2.75, 3.05) is 32.6 Å². The lowest BCUT2D eigenvalue weighted by molar-refractivity contribution is -0.117. The average Bonchev–Trinajstić information content (AvgIpc) is 2.37. The van der Waals surface area contributed by atoms with Gasteiger partial charge in [0.25, 0.3) is 0 Å². The van der Waals surface area contributed by atoms with Crippen molar-refractivity contribution in [2.45, 2.75) is 0 Å². The number of carbonyl (C=O) groups is 2. The minimum absolute atomic E-state index is 0.0432. The molecular formula is C12H16N2O3. The molecule has 0 aliphatic heterocycles. The molecule has 0 aliphatic carbocycles. The molecule has 1 rings (SSSR count). The van der Waals surface area contributed by atoms with Crippen LogP contribution in [-0.2, 0) is 9.53 Å². The summed E-state index contributed by atoms with van der Waals surface area (Å²) in [6, 6.07) is 6.67. The molecule has 0 aliphatic rings. The number of anilines is 1. The number of benzene rings is 1. The predicted octanol–water partition coefficient (Wildman–Crippen LogP) is 0.655. The third kappa shape index (κ3) is 3.29. The molecule has 1 aromatic carbocycles. The number of carbonyl (C=O) groups excluding carboxylic acids is 2. The lowest BCUT2D eigenvalue weighted by Crippen LogP contribution is -2.34. The van der Waals surface area contributed by atoms with Crippen LogP contribution in [-0.4, -0.2) is 39.6 Å². The van der Waals surface area contributed by atoms with E-state index in [1.807, 2.05) is 0 Å². The summed E-state index contributed by atoms with van der Waals surface area (Å²) in [7, 11) is 4.73. The van der Waals surface area contributed by atoms with Crippen LogP contribution in [0.2, 0.25) is 0 Å². The van der Waals surface area contributed by atoms with Crippen molar-refractivity contribution >= 4 is 17.6 Å². The van der Waals surface area contributed by atoms with Gasteiger partial charge in [-0.1, -0.05) is 0 Å². The van der Waals surface area contributed by atoms with Gasteiger partial charge in [0, 0.05) is 12.7 Å². The van der Waals surface area contributed by atoms with Crippen LogP contribution >= 0.6 is 0 Å². The second-order valence-corrected chi connectivity index (χ2v) is 3.52. The highest BCUT2D eigenvalue weighted by molar-refractivity contribution is 5.95. The fraction of sp³-hybridized carbons (Fsp3) is 0.333. The first-order valence-corrected chi connectivity index (χ1v) is 5.19. The first kappa shape index (κ1) is 13.2. The lowest BCUT2D eigenvalue weighted by Gasteiger charge is -2.17. The highest BCUT2D eigenvalue weighted by Crippen LogP contribution is 2.14. The highest BCUT2D eigenvalue weighted by atomic mass is 16.5. The molecule has 5 nitrogen and oxygen atoms in total. The summed E-state index contributed by atoms with van der Waals surface area (Å²) in [6.45, 7) is 0.273. The Bertz CT molecular complexity index is 401. The van der Waals surface area contributed by atoms with Crippen LogP contribution < -0.4 is 10.2 Å². The van der Waals surface area contributed by atoms with Gasteiger partial charge < -0.3 is 15.0 Å². The van der Waals surface area contributed by atoms with E-state index in [2.05, 4.69) is 10.1 Å². The summed E-state index contributed by atoms with van der Waals surface area (Å²) in [5.74, 6) is -0.431. The van der Waals surface area contributed by atoms with Gasteiger partial charge in [0.05, 0.1) is 19.2 Å². The number of hydrogen-bond donors (Lipinski definition) is 1. The summed E-state index contributed by atoms with van der Waals surface area (Å²) in [5.41, 5.74) is 1.20. The predicted molar refractivity (Wildman–Crippen MR) is 65.1 cm³/mol. The Labute approximate surface area is 100 Å². The maximum absolute atomic E-state index is 11.6. The third-order valence-electron chi connectivity index (χ3n) is 2.38. The van der Waals surface area contributed by atoms with Crippen molar-refractivity contribution in [3.63, 3.8) is 0 Å². The van der Waals surface area contributed by atoms with Crippen LogP contribution in [0.5, 0.6) is 0 Å². The van der Waals surface area contributed by atoms with Gasteiger partial charge in [-0.25, -0.2) is 4.79 Å². The van der Waals surface area contributed by atoms with E-state index in [1.165, 1.54) is 12.0 Å². The van der Waals surface area contributed by atoms with E-state index in [1.54, 1.807) is 38.4 Å². The number of rotatable bonds is 4. The van der Waals surface area contributed by atoms with Gasteiger partial charge in [0.2, 0.25) is 5.91 Å². The summed E-state index contributed by atoms with van der Waals surface area (Å²) >= 11 is 0. The van der Waals surface area contributed by atoms with Gasteiger partial charge in [0.1, 0.15) is 0 Å². The number of methoxy groups -OCH3 is 1. The zero-order valence-corrected chi connectivity index (χ0v) is 10.2. The molecule has 5 heteroatoms. The van der Waals surface area contributed by atoms with Gasteiger partial charge in [0.15, 0.2) is 0 Å². The topological polar surface area (TPSA) is 58.6 Å². The van der Waals surface area contributed by atoms with E-state index in [0.717, 1.165) is 5.69 Å². The third-order valence-corrected chi connectivity index (χ3v) is 2.38. The van der Waals surface area contributed by atoms with Crippen LogP contribution in [0.1, 0.15) is 10.4 Å². The Morgan fingerprint density at radius 2 is 1.88 bits per heavy atom. The van der Waals surface area contributed by atoms with Gasteiger partial charge in [-0.3, -0.25) is 4.79 Å². The number of amides is 1. The largest absolute Gasteiger partial charge is 0.465 e. The first-order chi connectivity index (χ1) is 8.10. The molecular weight excluding hydrogens is 220 g/mol. The summed E-state index contributed by atoms with van der Waals surface area (Å²) in [4.78, 5) is 24.3. The van der Waals surface area contributed by atoms with Gasteiger partial charge in [-0.15, -0.1) is 0 Å². The quantitative estimate of drug-likeness (QED) is 0.780. The van der Waals surface area contributed by atoms with Gasteiger partial charge in [-0.2, -0.15) is 0 Å². The normalized spacial score (nSPS) is 9.82. The summed E-state index contributed by atoms with van der Waals surface area (Å²) < 4.78 is 4.59. The molecule has 0 saturated heterocycles. The van der Waals surface area contributed by atoms with Crippen molar-refractivity contribution < 1.29 is 14.3 Å². The Balaban J connectivity index is 2.80. The van der Waals surface area contributed by atoms with Crippen LogP contribution in [0.4, 0.5) is 5.69 Å². The van der Waals surface area contributed by atoms with Crippen molar-refractivity contribution in [3.8, 4) is 0 Å². The van der Waals surface area contributed by atoms with E-state index in [4.69, 9.17) is 0 Å². The van der Waals surface area contributed by atoms with E-state index in [-0.39, 0.29) is 18.4 Å². The molecule has 0 unspecified atom stereocenters. The molecule has 17 heavy (non-hydrogen) atoms. The van der Waals surface area contributed by atoms with Crippen LogP contribution in [0, 0.1) is 0 Å². The van der Waals surface area contributed by atoms with Crippen molar-refractivity contribution in [2.24, 2.45) is 0 Å². The SMILES string of the molecule is CNCC(=O)N(C)c1ccc(C(=O)OC)cc1. The number of nitrogens with zero attached hydrogens (tertiary/aromatic N) is 1. The second kappa shape index (κ2) is 6.00. The Morgan fingerprint density at radius 3 is 2.35 bits per heavy atom. The standard InChI is InChI=1S/C12H16N2O3/c1-13-8-11(15)14(2)10-6-4-9(5-7-10)12(16)17-3/h4-7,13H,8H2,1-3H3. The molecule has 0 aromatic heterocycles. The Morgan fingerprint density at radius 1 is 1.29 bits per heavy atom. The van der Waals surface area contributed by atoms with E-state index in [9.17, 15) is 9.59 Å². The molecule has 0 radical (unpaired) electrons. The maximum atomic E-state index is 11.6. The zero-order chi connectivity index (χ0) is 12.8. The summed E-state index contributed by atoms with van der Waals surface area (Å²) in [6.07, 6.45) is 0. The van der Waals surface area contributed by atoms with Gasteiger partial charge >= 0.3 is 5.97 Å². The number of likely N-dealkylation sites (N-methyl/N-ethyl adjacent to an activating group) is 2. The van der Waals surface area contributed by atoms with Crippen LogP contribution in [0.3, 0.4) is 0 Å². The van der Waals surface area contributed by atoms with E-state index in [0.29, 0.717) is 5.56 Å². The molecule has 0 fully saturated rings. The minimum Gasteiger partial charge on any atom is -0.465 e. The minimum atomic E-state index is -0.388. The van der Waals surface area contributed by atoms with Crippen molar-refractivity contribution in [3.05, 3.63) is 29.8 Å². The highest BCUT2D eigenvalue weighted by Gasteiger charge is 2.11.